The van der Waals surface area contributed by atoms with Crippen LogP contribution >= 0.6 is 0 Å². The molecule has 6 rings (SSSR count). The minimum absolute atomic E-state index is 0.178. The van der Waals surface area contributed by atoms with Gasteiger partial charge in [-0.15, -0.1) is 0 Å². The predicted molar refractivity (Wildman–Crippen MR) is 127 cm³/mol. The number of aliphatic imine (C=N–C) groups is 1. The molecule has 3 aliphatic rings. The van der Waals surface area contributed by atoms with Crippen LogP contribution in [0.25, 0.3) is 11.2 Å². The number of carbonyl (C=O) groups excluding carboxylic acids is 3. The molecule has 8 nitrogen and oxygen atoms in total. The van der Waals surface area contributed by atoms with Crippen LogP contribution in [-0.2, 0) is 20.8 Å². The topological polar surface area (TPSA) is 96.1 Å². The van der Waals surface area contributed by atoms with Gasteiger partial charge in [-0.3, -0.25) is 29.1 Å². The van der Waals surface area contributed by atoms with Gasteiger partial charge in [0.05, 0.1) is 40.5 Å². The van der Waals surface area contributed by atoms with Crippen LogP contribution in [0.3, 0.4) is 0 Å². The van der Waals surface area contributed by atoms with Crippen molar-refractivity contribution in [1.29, 1.82) is 0 Å². The second-order valence-corrected chi connectivity index (χ2v) is 8.54. The number of nitrogens with one attached hydrogen (secondary N) is 1. The third-order valence-electron chi connectivity index (χ3n) is 6.52. The molecule has 8 heteroatoms. The van der Waals surface area contributed by atoms with Crippen LogP contribution in [0.4, 0.5) is 5.69 Å². The molecule has 1 N–H and O–H groups in total. The highest BCUT2D eigenvalue weighted by molar-refractivity contribution is 6.47. The number of imidazole rings is 1. The number of hydrogen-bond donors (Lipinski definition) is 1. The fourth-order valence-corrected chi connectivity index (χ4v) is 5.07. The maximum Gasteiger partial charge on any atom is 0.261 e. The highest BCUT2D eigenvalue weighted by atomic mass is 16.2. The van der Waals surface area contributed by atoms with Gasteiger partial charge in [-0.1, -0.05) is 31.2 Å². The number of anilines is 1. The average Bonchev–Trinajstić information content (AvgIpc) is 3.45. The molecule has 2 aromatic heterocycles. The first-order chi connectivity index (χ1) is 16.6. The van der Waals surface area contributed by atoms with E-state index in [1.54, 1.807) is 29.2 Å². The quantitative estimate of drug-likeness (QED) is 0.602. The Morgan fingerprint density at radius 1 is 1.12 bits per heavy atom. The summed E-state index contributed by atoms with van der Waals surface area (Å²) in [7, 11) is 0. The van der Waals surface area contributed by atoms with Gasteiger partial charge in [0.2, 0.25) is 0 Å². The summed E-state index contributed by atoms with van der Waals surface area (Å²) >= 11 is 0. The SMILES string of the molecule is CCCC(=O)C1Cc2cccc3c2N1C=CN=C3C1=C(c2cnc3ccccn23)C(=O)NC1=O. The van der Waals surface area contributed by atoms with Gasteiger partial charge >= 0.3 is 0 Å². The second-order valence-electron chi connectivity index (χ2n) is 8.54. The van der Waals surface area contributed by atoms with Crippen molar-refractivity contribution in [3.8, 4) is 0 Å². The summed E-state index contributed by atoms with van der Waals surface area (Å²) in [5, 5.41) is 2.44. The summed E-state index contributed by atoms with van der Waals surface area (Å²) < 4.78 is 1.78. The van der Waals surface area contributed by atoms with Gasteiger partial charge in [0.15, 0.2) is 5.78 Å². The van der Waals surface area contributed by atoms with Crippen molar-refractivity contribution in [2.75, 3.05) is 4.90 Å². The highest BCUT2D eigenvalue weighted by Gasteiger charge is 2.40. The van der Waals surface area contributed by atoms with Gasteiger partial charge in [-0.05, 0) is 24.1 Å². The summed E-state index contributed by atoms with van der Waals surface area (Å²) in [4.78, 5) is 49.9. The first kappa shape index (κ1) is 20.3. The molecule has 0 bridgehead atoms. The van der Waals surface area contributed by atoms with Crippen molar-refractivity contribution in [2.45, 2.75) is 32.2 Å². The molecule has 3 aliphatic heterocycles. The number of Topliss-reactive ketones (excluding diaryl/α,β-unsaturated/α-hetero) is 1. The summed E-state index contributed by atoms with van der Waals surface area (Å²) in [6.45, 7) is 1.99. The molecule has 1 aromatic carbocycles. The highest BCUT2D eigenvalue weighted by Crippen LogP contribution is 2.40. The van der Waals surface area contributed by atoms with E-state index in [1.165, 1.54) is 0 Å². The number of amides is 2. The molecule has 3 aromatic rings. The van der Waals surface area contributed by atoms with E-state index in [2.05, 4.69) is 15.3 Å². The smallest absolute Gasteiger partial charge is 0.261 e. The van der Waals surface area contributed by atoms with E-state index in [0.29, 0.717) is 29.9 Å². The Morgan fingerprint density at radius 2 is 1.97 bits per heavy atom. The van der Waals surface area contributed by atoms with Crippen molar-refractivity contribution >= 4 is 40.2 Å². The number of hydrogen-bond acceptors (Lipinski definition) is 6. The standard InChI is InChI=1S/C26H21N5O3/c1-2-6-19(32)17-13-15-7-5-8-16-23(27-10-12-31(17)24(15)16)22-21(25(33)29-26(22)34)18-14-28-20-9-3-4-11-30(18)20/h3-5,7-12,14,17H,2,6,13H2,1H3,(H,29,33,34). The lowest BCUT2D eigenvalue weighted by Gasteiger charge is -2.23. The molecule has 0 fully saturated rings. The molecule has 0 saturated heterocycles. The Morgan fingerprint density at radius 3 is 2.82 bits per heavy atom. The van der Waals surface area contributed by atoms with E-state index in [-0.39, 0.29) is 23.0 Å². The normalized spacial score (nSPS) is 18.9. The molecule has 1 unspecified atom stereocenters. The lowest BCUT2D eigenvalue weighted by molar-refractivity contribution is -0.123. The maximum atomic E-state index is 13.1. The van der Waals surface area contributed by atoms with Crippen LogP contribution in [0.2, 0.25) is 0 Å². The summed E-state index contributed by atoms with van der Waals surface area (Å²) in [5.41, 5.74) is 4.64. The first-order valence-corrected chi connectivity index (χ1v) is 11.3. The maximum absolute atomic E-state index is 13.1. The van der Waals surface area contributed by atoms with Crippen LogP contribution in [0.15, 0.2) is 71.8 Å². The third kappa shape index (κ3) is 2.88. The van der Waals surface area contributed by atoms with Gasteiger partial charge in [0, 0.05) is 37.0 Å². The van der Waals surface area contributed by atoms with Gasteiger partial charge in [-0.25, -0.2) is 4.98 Å². The van der Waals surface area contributed by atoms with E-state index in [4.69, 9.17) is 0 Å². The zero-order valence-electron chi connectivity index (χ0n) is 18.5. The van der Waals surface area contributed by atoms with Gasteiger partial charge in [0.25, 0.3) is 11.8 Å². The summed E-state index contributed by atoms with van der Waals surface area (Å²) in [5.74, 6) is -0.806. The number of imide groups is 1. The van der Waals surface area contributed by atoms with Crippen LogP contribution in [0.5, 0.6) is 0 Å². The van der Waals surface area contributed by atoms with Crippen molar-refractivity contribution in [3.05, 3.63) is 83.6 Å². The molecule has 1 atom stereocenters. The van der Waals surface area contributed by atoms with Crippen LogP contribution in [-0.4, -0.2) is 38.7 Å². The number of pyridine rings is 1. The van der Waals surface area contributed by atoms with Crippen molar-refractivity contribution in [2.24, 2.45) is 4.99 Å². The van der Waals surface area contributed by atoms with Crippen LogP contribution in [0, 0.1) is 0 Å². The van der Waals surface area contributed by atoms with E-state index in [0.717, 1.165) is 23.2 Å². The largest absolute Gasteiger partial charge is 0.335 e. The predicted octanol–water partition coefficient (Wildman–Crippen LogP) is 2.82. The molecule has 5 heterocycles. The zero-order valence-corrected chi connectivity index (χ0v) is 18.5. The van der Waals surface area contributed by atoms with E-state index in [1.807, 2.05) is 48.2 Å². The first-order valence-electron chi connectivity index (χ1n) is 11.3. The molecular formula is C26H21N5O3. The average molecular weight is 451 g/mol. The number of ketones is 1. The Balaban J connectivity index is 1.54. The number of para-hydroxylation sites is 1. The second kappa shape index (κ2) is 7.62. The minimum Gasteiger partial charge on any atom is -0.335 e. The molecule has 0 spiro atoms. The molecule has 0 radical (unpaired) electrons. The molecule has 0 saturated carbocycles. The fourth-order valence-electron chi connectivity index (χ4n) is 5.07. The Labute approximate surface area is 195 Å². The number of fused-ring (bicyclic) bond motifs is 1. The number of aromatic nitrogens is 2. The number of benzene rings is 1. The van der Waals surface area contributed by atoms with Crippen molar-refractivity contribution in [3.63, 3.8) is 0 Å². The van der Waals surface area contributed by atoms with Crippen LogP contribution in [0.1, 0.15) is 36.6 Å². The van der Waals surface area contributed by atoms with Gasteiger partial charge < -0.3 is 4.90 Å². The molecule has 2 amide bonds. The minimum atomic E-state index is -0.499. The van der Waals surface area contributed by atoms with Gasteiger partial charge in [-0.2, -0.15) is 0 Å². The van der Waals surface area contributed by atoms with Crippen molar-refractivity contribution in [1.82, 2.24) is 14.7 Å². The summed E-state index contributed by atoms with van der Waals surface area (Å²) in [6, 6.07) is 11.0. The number of carbonyl (C=O) groups is 3. The molecule has 34 heavy (non-hydrogen) atoms. The Hall–Kier alpha value is -4.33. The van der Waals surface area contributed by atoms with E-state index >= 15 is 0 Å². The summed E-state index contributed by atoms with van der Waals surface area (Å²) in [6.07, 6.45) is 8.69. The van der Waals surface area contributed by atoms with Crippen molar-refractivity contribution < 1.29 is 14.4 Å². The third-order valence-corrected chi connectivity index (χ3v) is 6.52. The molecule has 0 aliphatic carbocycles. The lowest BCUT2D eigenvalue weighted by atomic mass is 9.94. The number of nitrogens with zero attached hydrogens (tertiary/aromatic N) is 4. The Kier molecular flexibility index (Phi) is 4.55. The van der Waals surface area contributed by atoms with E-state index in [9.17, 15) is 14.4 Å². The zero-order chi connectivity index (χ0) is 23.4. The number of rotatable bonds is 5. The monoisotopic (exact) mass is 451 g/mol. The van der Waals surface area contributed by atoms with E-state index < -0.39 is 11.8 Å². The van der Waals surface area contributed by atoms with Crippen LogP contribution < -0.4 is 10.2 Å². The Bertz CT molecular complexity index is 1490. The molecular weight excluding hydrogens is 430 g/mol. The van der Waals surface area contributed by atoms with Gasteiger partial charge in [0.1, 0.15) is 5.65 Å². The molecule has 168 valence electrons. The lowest BCUT2D eigenvalue weighted by Crippen LogP contribution is -2.35. The fraction of sp³-hybridized carbons (Fsp3) is 0.192.